The summed E-state index contributed by atoms with van der Waals surface area (Å²) in [6.45, 7) is 8.53. The zero-order chi connectivity index (χ0) is 21.9. The molecule has 2 aromatic rings. The van der Waals surface area contributed by atoms with Crippen molar-refractivity contribution in [1.29, 1.82) is 0 Å². The first-order valence-electron chi connectivity index (χ1n) is 12.2. The Morgan fingerprint density at radius 1 is 1.06 bits per heavy atom. The van der Waals surface area contributed by atoms with Crippen molar-refractivity contribution in [2.45, 2.75) is 51.1 Å². The van der Waals surface area contributed by atoms with E-state index in [0.29, 0.717) is 24.9 Å². The number of ether oxygens (including phenoxy) is 1. The molecule has 1 aliphatic carbocycles. The zero-order valence-corrected chi connectivity index (χ0v) is 19.1. The molecule has 0 radical (unpaired) electrons. The van der Waals surface area contributed by atoms with Crippen LogP contribution < -0.4 is 5.32 Å². The first kappa shape index (κ1) is 21.7. The number of carbonyl (C=O) groups excluding carboxylic acids is 1. The van der Waals surface area contributed by atoms with Crippen molar-refractivity contribution in [2.24, 2.45) is 5.92 Å². The molecule has 0 bridgehead atoms. The Hall–Kier alpha value is -2.09. The third-order valence-corrected chi connectivity index (χ3v) is 7.49. The molecule has 1 N–H and O–H groups in total. The minimum absolute atomic E-state index is 0.269. The molecule has 3 heterocycles. The van der Waals surface area contributed by atoms with E-state index in [0.717, 1.165) is 67.7 Å². The van der Waals surface area contributed by atoms with Crippen LogP contribution in [0.1, 0.15) is 37.7 Å². The Morgan fingerprint density at radius 2 is 1.78 bits per heavy atom. The third kappa shape index (κ3) is 4.95. The summed E-state index contributed by atoms with van der Waals surface area (Å²) in [5.74, 6) is 1.52. The summed E-state index contributed by atoms with van der Waals surface area (Å²) in [7, 11) is 0. The molecule has 0 amide bonds. The second-order valence-electron chi connectivity index (χ2n) is 9.77. The van der Waals surface area contributed by atoms with Crippen LogP contribution >= 0.6 is 0 Å². The lowest BCUT2D eigenvalue weighted by Gasteiger charge is -2.48. The van der Waals surface area contributed by atoms with E-state index in [9.17, 15) is 4.79 Å². The van der Waals surface area contributed by atoms with E-state index < -0.39 is 0 Å². The predicted octanol–water partition coefficient (Wildman–Crippen LogP) is 2.88. The molecular weight excluding hydrogens is 402 g/mol. The first-order chi connectivity index (χ1) is 15.7. The minimum atomic E-state index is 0.269. The van der Waals surface area contributed by atoms with Crippen LogP contribution in [0.3, 0.4) is 0 Å². The van der Waals surface area contributed by atoms with Gasteiger partial charge in [0, 0.05) is 50.1 Å². The average Bonchev–Trinajstić information content (AvgIpc) is 2.80. The van der Waals surface area contributed by atoms with Crippen LogP contribution in [0.2, 0.25) is 0 Å². The maximum Gasteiger partial charge on any atom is 0.152 e. The number of aromatic nitrogens is 2. The summed E-state index contributed by atoms with van der Waals surface area (Å²) in [5, 5.41) is 4.23. The Labute approximate surface area is 190 Å². The summed E-state index contributed by atoms with van der Waals surface area (Å²) in [6, 6.07) is 7.58. The molecule has 0 unspecified atom stereocenters. The monoisotopic (exact) mass is 437 g/mol. The number of aryl methyl sites for hydroxylation is 1. The smallest absolute Gasteiger partial charge is 0.152 e. The molecule has 3 aliphatic rings. The van der Waals surface area contributed by atoms with Crippen LogP contribution in [-0.2, 0) is 9.53 Å². The van der Waals surface area contributed by atoms with Crippen molar-refractivity contribution in [3.63, 3.8) is 0 Å². The molecule has 7 nitrogen and oxygen atoms in total. The topological polar surface area (TPSA) is 70.6 Å². The number of likely N-dealkylation sites (tertiary alicyclic amines) is 1. The van der Waals surface area contributed by atoms with Gasteiger partial charge in [-0.1, -0.05) is 11.6 Å². The second-order valence-corrected chi connectivity index (χ2v) is 9.77. The fraction of sp³-hybridized carbons (Fsp3) is 0.640. The van der Waals surface area contributed by atoms with Crippen LogP contribution in [0.5, 0.6) is 0 Å². The highest BCUT2D eigenvalue weighted by molar-refractivity contribution is 5.91. The van der Waals surface area contributed by atoms with E-state index in [1.807, 2.05) is 12.1 Å². The summed E-state index contributed by atoms with van der Waals surface area (Å²) in [6.07, 6.45) is 7.42. The highest BCUT2D eigenvalue weighted by atomic mass is 16.5. The van der Waals surface area contributed by atoms with Gasteiger partial charge in [0.05, 0.1) is 25.3 Å². The number of nitrogens with zero attached hydrogens (tertiary/aromatic N) is 4. The Morgan fingerprint density at radius 3 is 2.53 bits per heavy atom. The summed E-state index contributed by atoms with van der Waals surface area (Å²) in [4.78, 5) is 26.5. The van der Waals surface area contributed by atoms with Crippen molar-refractivity contribution in [1.82, 2.24) is 19.8 Å². The van der Waals surface area contributed by atoms with Crippen LogP contribution in [0.4, 0.5) is 5.82 Å². The summed E-state index contributed by atoms with van der Waals surface area (Å²) < 4.78 is 5.50. The number of hydrogen-bond donors (Lipinski definition) is 1. The quantitative estimate of drug-likeness (QED) is 0.714. The molecule has 2 saturated heterocycles. The molecule has 0 atom stereocenters. The lowest BCUT2D eigenvalue weighted by molar-refractivity contribution is -0.120. The van der Waals surface area contributed by atoms with Crippen LogP contribution in [-0.4, -0.2) is 83.6 Å². The second kappa shape index (κ2) is 9.81. The van der Waals surface area contributed by atoms with Crippen molar-refractivity contribution in [3.8, 4) is 0 Å². The lowest BCUT2D eigenvalue weighted by Crippen LogP contribution is -2.55. The Balaban J connectivity index is 1.04. The average molecular weight is 438 g/mol. The van der Waals surface area contributed by atoms with Gasteiger partial charge < -0.3 is 10.1 Å². The number of ketones is 1. The number of anilines is 1. The molecule has 5 rings (SSSR count). The van der Waals surface area contributed by atoms with Gasteiger partial charge in [-0.25, -0.2) is 9.97 Å². The van der Waals surface area contributed by atoms with Gasteiger partial charge in [-0.2, -0.15) is 0 Å². The molecule has 0 spiro atoms. The summed E-state index contributed by atoms with van der Waals surface area (Å²) >= 11 is 0. The van der Waals surface area contributed by atoms with Gasteiger partial charge in [0.1, 0.15) is 12.1 Å². The SMILES string of the molecule is Cc1ccc2ncnc(NCC(=O)CC3CN(C4CCC(N5CCOCC5)CC4)C3)c2c1. The van der Waals surface area contributed by atoms with E-state index in [1.165, 1.54) is 25.7 Å². The van der Waals surface area contributed by atoms with Crippen molar-refractivity contribution in [2.75, 3.05) is 51.3 Å². The highest BCUT2D eigenvalue weighted by Gasteiger charge is 2.36. The van der Waals surface area contributed by atoms with Gasteiger partial charge in [-0.3, -0.25) is 14.6 Å². The van der Waals surface area contributed by atoms with E-state index >= 15 is 0 Å². The van der Waals surface area contributed by atoms with Crippen LogP contribution in [0, 0.1) is 12.8 Å². The van der Waals surface area contributed by atoms with E-state index in [1.54, 1.807) is 6.33 Å². The molecule has 1 aromatic carbocycles. The van der Waals surface area contributed by atoms with Crippen molar-refractivity contribution < 1.29 is 9.53 Å². The van der Waals surface area contributed by atoms with Crippen molar-refractivity contribution >= 4 is 22.5 Å². The number of benzene rings is 1. The van der Waals surface area contributed by atoms with Gasteiger partial charge in [-0.05, 0) is 50.7 Å². The van der Waals surface area contributed by atoms with Gasteiger partial charge in [0.15, 0.2) is 5.78 Å². The fourth-order valence-electron chi connectivity index (χ4n) is 5.66. The van der Waals surface area contributed by atoms with Crippen LogP contribution in [0.15, 0.2) is 24.5 Å². The number of morpholine rings is 1. The Kier molecular flexibility index (Phi) is 6.67. The first-order valence-corrected chi connectivity index (χ1v) is 12.2. The molecule has 172 valence electrons. The lowest BCUT2D eigenvalue weighted by atomic mass is 9.84. The number of nitrogens with one attached hydrogen (secondary N) is 1. The van der Waals surface area contributed by atoms with Gasteiger partial charge in [0.2, 0.25) is 0 Å². The van der Waals surface area contributed by atoms with Crippen molar-refractivity contribution in [3.05, 3.63) is 30.1 Å². The molecule has 2 aliphatic heterocycles. The largest absolute Gasteiger partial charge is 0.379 e. The van der Waals surface area contributed by atoms with E-state index in [2.05, 4.69) is 38.1 Å². The molecule has 3 fully saturated rings. The van der Waals surface area contributed by atoms with E-state index in [4.69, 9.17) is 4.74 Å². The normalized spacial score (nSPS) is 25.5. The van der Waals surface area contributed by atoms with E-state index in [-0.39, 0.29) is 5.78 Å². The molecule has 1 saturated carbocycles. The van der Waals surface area contributed by atoms with Crippen LogP contribution in [0.25, 0.3) is 10.9 Å². The molecule has 1 aromatic heterocycles. The number of carbonyl (C=O) groups is 1. The van der Waals surface area contributed by atoms with Gasteiger partial charge >= 0.3 is 0 Å². The zero-order valence-electron chi connectivity index (χ0n) is 19.1. The summed E-state index contributed by atoms with van der Waals surface area (Å²) in [5.41, 5.74) is 2.06. The van der Waals surface area contributed by atoms with Gasteiger partial charge in [0.25, 0.3) is 0 Å². The maximum absolute atomic E-state index is 12.6. The molecule has 7 heteroatoms. The predicted molar refractivity (Wildman–Crippen MR) is 126 cm³/mol. The number of hydrogen-bond acceptors (Lipinski definition) is 7. The number of rotatable bonds is 7. The minimum Gasteiger partial charge on any atom is -0.379 e. The van der Waals surface area contributed by atoms with Gasteiger partial charge in [-0.15, -0.1) is 0 Å². The molecule has 32 heavy (non-hydrogen) atoms. The number of fused-ring (bicyclic) bond motifs is 1. The third-order valence-electron chi connectivity index (χ3n) is 7.49. The number of Topliss-reactive ketones (excluding diaryl/α,β-unsaturated/α-hetero) is 1. The fourth-order valence-corrected chi connectivity index (χ4v) is 5.66. The maximum atomic E-state index is 12.6. The highest BCUT2D eigenvalue weighted by Crippen LogP contribution is 2.32. The standard InChI is InChI=1S/C25H35N5O2/c1-18-2-7-24-23(12-18)25(28-17-27-24)26-14-22(31)13-19-15-30(16-19)21-5-3-20(4-6-21)29-8-10-32-11-9-29/h2,7,12,17,19-21H,3-6,8-11,13-16H2,1H3,(H,26,27,28). The molecular formula is C25H35N5O2. The Bertz CT molecular complexity index is 931.